The molecule has 1 rings (SSSR count). The fraction of sp³-hybridized carbons (Fsp3) is 1.00. The fourth-order valence-electron chi connectivity index (χ4n) is 1.17. The average Bonchev–Trinajstić information content (AvgIpc) is 2.06. The van der Waals surface area contributed by atoms with Gasteiger partial charge in [0, 0.05) is 5.41 Å². The first kappa shape index (κ1) is 8.37. The Kier molecular flexibility index (Phi) is 3.01. The molecule has 60 valence electrons. The third-order valence-corrected chi connectivity index (χ3v) is 3.21. The molecule has 0 aromatic heterocycles. The first-order valence-electron chi connectivity index (χ1n) is 3.62. The van der Waals surface area contributed by atoms with E-state index in [1.54, 1.807) is 0 Å². The van der Waals surface area contributed by atoms with Gasteiger partial charge in [0.15, 0.2) is 0 Å². The van der Waals surface area contributed by atoms with Gasteiger partial charge >= 0.3 is 0 Å². The van der Waals surface area contributed by atoms with Crippen LogP contribution in [0.4, 0.5) is 0 Å². The molecule has 0 unspecified atom stereocenters. The van der Waals surface area contributed by atoms with E-state index in [1.807, 2.05) is 11.8 Å². The van der Waals surface area contributed by atoms with E-state index >= 15 is 0 Å². The summed E-state index contributed by atoms with van der Waals surface area (Å²) in [6, 6.07) is 0. The van der Waals surface area contributed by atoms with E-state index in [9.17, 15) is 0 Å². The third-order valence-electron chi connectivity index (χ3n) is 2.22. The molecule has 0 spiro atoms. The van der Waals surface area contributed by atoms with Gasteiger partial charge in [-0.2, -0.15) is 11.8 Å². The van der Waals surface area contributed by atoms with Crippen LogP contribution >= 0.6 is 11.8 Å². The van der Waals surface area contributed by atoms with Crippen LogP contribution in [0.5, 0.6) is 0 Å². The topological polar surface area (TPSA) is 40.5 Å². The molecule has 10 heavy (non-hydrogen) atoms. The van der Waals surface area contributed by atoms with Crippen molar-refractivity contribution in [3.8, 4) is 0 Å². The van der Waals surface area contributed by atoms with Gasteiger partial charge in [0.25, 0.3) is 0 Å². The molecule has 0 bridgehead atoms. The predicted octanol–water partition coefficient (Wildman–Crippen LogP) is 0.484. The zero-order valence-electron chi connectivity index (χ0n) is 6.05. The summed E-state index contributed by atoms with van der Waals surface area (Å²) in [6.07, 6.45) is 1.93. The van der Waals surface area contributed by atoms with Gasteiger partial charge in [-0.05, 0) is 24.3 Å². The van der Waals surface area contributed by atoms with Gasteiger partial charge in [0.1, 0.15) is 0 Å². The fourth-order valence-corrected chi connectivity index (χ4v) is 2.53. The molecule has 1 aliphatic rings. The Bertz CT molecular complexity index is 93.8. The largest absolute Gasteiger partial charge is 0.396 e. The number of hydrogen-bond acceptors (Lipinski definition) is 3. The van der Waals surface area contributed by atoms with Gasteiger partial charge in [-0.15, -0.1) is 0 Å². The summed E-state index contributed by atoms with van der Waals surface area (Å²) in [5.74, 6) is 2.17. The van der Waals surface area contributed by atoms with Crippen LogP contribution < -0.4 is 0 Å². The van der Waals surface area contributed by atoms with Crippen LogP contribution in [0.3, 0.4) is 0 Å². The van der Waals surface area contributed by atoms with E-state index in [1.165, 1.54) is 0 Å². The highest BCUT2D eigenvalue weighted by atomic mass is 32.2. The number of aliphatic hydroxyl groups is 2. The minimum Gasteiger partial charge on any atom is -0.396 e. The smallest absolute Gasteiger partial charge is 0.0510 e. The van der Waals surface area contributed by atoms with Gasteiger partial charge in [0.2, 0.25) is 0 Å². The summed E-state index contributed by atoms with van der Waals surface area (Å²) >= 11 is 1.91. The number of thioether (sulfide) groups is 1. The summed E-state index contributed by atoms with van der Waals surface area (Å²) < 4.78 is 0. The molecule has 2 nitrogen and oxygen atoms in total. The Morgan fingerprint density at radius 1 is 1.10 bits per heavy atom. The second-order valence-electron chi connectivity index (χ2n) is 2.93. The molecular weight excluding hydrogens is 148 g/mol. The Labute approximate surface area is 65.6 Å². The molecule has 1 saturated heterocycles. The summed E-state index contributed by atoms with van der Waals surface area (Å²) in [6.45, 7) is 0.286. The van der Waals surface area contributed by atoms with E-state index in [0.717, 1.165) is 24.3 Å². The lowest BCUT2D eigenvalue weighted by molar-refractivity contribution is 0.0477. The van der Waals surface area contributed by atoms with Crippen LogP contribution in [0.2, 0.25) is 0 Å². The lowest BCUT2D eigenvalue weighted by atomic mass is 9.84. The number of rotatable bonds is 2. The van der Waals surface area contributed by atoms with Gasteiger partial charge in [-0.25, -0.2) is 0 Å². The Morgan fingerprint density at radius 3 is 1.90 bits per heavy atom. The molecule has 0 amide bonds. The normalized spacial score (nSPS) is 24.6. The predicted molar refractivity (Wildman–Crippen MR) is 43.2 cm³/mol. The highest BCUT2D eigenvalue weighted by Crippen LogP contribution is 2.33. The van der Waals surface area contributed by atoms with Crippen LogP contribution in [0.1, 0.15) is 12.8 Å². The lowest BCUT2D eigenvalue weighted by Crippen LogP contribution is -2.33. The van der Waals surface area contributed by atoms with Gasteiger partial charge in [-0.1, -0.05) is 0 Å². The Morgan fingerprint density at radius 2 is 1.60 bits per heavy atom. The maximum Gasteiger partial charge on any atom is 0.0510 e. The van der Waals surface area contributed by atoms with E-state index < -0.39 is 0 Å². The van der Waals surface area contributed by atoms with Crippen LogP contribution in [0, 0.1) is 5.41 Å². The van der Waals surface area contributed by atoms with Crippen molar-refractivity contribution in [2.75, 3.05) is 24.7 Å². The van der Waals surface area contributed by atoms with Gasteiger partial charge in [0.05, 0.1) is 13.2 Å². The summed E-state index contributed by atoms with van der Waals surface area (Å²) in [7, 11) is 0. The molecule has 3 heteroatoms. The highest BCUT2D eigenvalue weighted by Gasteiger charge is 2.30. The quantitative estimate of drug-likeness (QED) is 0.620. The number of aliphatic hydroxyl groups excluding tert-OH is 2. The Balaban J connectivity index is 2.44. The van der Waals surface area contributed by atoms with Crippen molar-refractivity contribution >= 4 is 11.8 Å². The molecule has 0 aromatic rings. The maximum atomic E-state index is 8.97. The van der Waals surface area contributed by atoms with Crippen molar-refractivity contribution in [2.24, 2.45) is 5.41 Å². The maximum absolute atomic E-state index is 8.97. The lowest BCUT2D eigenvalue weighted by Gasteiger charge is -2.33. The molecule has 1 heterocycles. The standard InChI is InChI=1S/C7H14O2S/c8-5-7(6-9)1-3-10-4-2-7/h8-9H,1-6H2. The van der Waals surface area contributed by atoms with E-state index in [4.69, 9.17) is 10.2 Å². The summed E-state index contributed by atoms with van der Waals surface area (Å²) in [4.78, 5) is 0. The molecule has 0 radical (unpaired) electrons. The molecule has 1 fully saturated rings. The van der Waals surface area contributed by atoms with Gasteiger partial charge < -0.3 is 10.2 Å². The molecule has 0 atom stereocenters. The SMILES string of the molecule is OCC1(CO)CCSCC1. The highest BCUT2D eigenvalue weighted by molar-refractivity contribution is 7.99. The molecule has 1 aliphatic heterocycles. The summed E-state index contributed by atoms with van der Waals surface area (Å²) in [5, 5.41) is 17.9. The van der Waals surface area contributed by atoms with Crippen LogP contribution in [-0.4, -0.2) is 34.9 Å². The van der Waals surface area contributed by atoms with Crippen molar-refractivity contribution in [3.05, 3.63) is 0 Å². The second-order valence-corrected chi connectivity index (χ2v) is 4.15. The monoisotopic (exact) mass is 162 g/mol. The minimum absolute atomic E-state index is 0.143. The average molecular weight is 162 g/mol. The van der Waals surface area contributed by atoms with E-state index in [0.29, 0.717) is 0 Å². The molecular formula is C7H14O2S. The van der Waals surface area contributed by atoms with Crippen molar-refractivity contribution in [3.63, 3.8) is 0 Å². The zero-order chi connectivity index (χ0) is 7.45. The van der Waals surface area contributed by atoms with Crippen LogP contribution in [-0.2, 0) is 0 Å². The van der Waals surface area contributed by atoms with Crippen molar-refractivity contribution < 1.29 is 10.2 Å². The van der Waals surface area contributed by atoms with Crippen molar-refractivity contribution in [1.29, 1.82) is 0 Å². The van der Waals surface area contributed by atoms with Crippen molar-refractivity contribution in [1.82, 2.24) is 0 Å². The Hall–Kier alpha value is 0.270. The molecule has 0 aromatic carbocycles. The van der Waals surface area contributed by atoms with Gasteiger partial charge in [-0.3, -0.25) is 0 Å². The van der Waals surface area contributed by atoms with Crippen LogP contribution in [0.25, 0.3) is 0 Å². The molecule has 2 N–H and O–H groups in total. The molecule has 0 aliphatic carbocycles. The molecule has 0 saturated carbocycles. The minimum atomic E-state index is -0.148. The van der Waals surface area contributed by atoms with E-state index in [-0.39, 0.29) is 18.6 Å². The first-order valence-corrected chi connectivity index (χ1v) is 4.78. The third kappa shape index (κ3) is 1.65. The zero-order valence-corrected chi connectivity index (χ0v) is 6.86. The first-order chi connectivity index (χ1) is 4.83. The summed E-state index contributed by atoms with van der Waals surface area (Å²) in [5.41, 5.74) is -0.148. The second kappa shape index (κ2) is 3.60. The van der Waals surface area contributed by atoms with Crippen molar-refractivity contribution in [2.45, 2.75) is 12.8 Å². The van der Waals surface area contributed by atoms with Crippen LogP contribution in [0.15, 0.2) is 0 Å². The number of hydrogen-bond donors (Lipinski definition) is 2. The van der Waals surface area contributed by atoms with E-state index in [2.05, 4.69) is 0 Å².